The lowest BCUT2D eigenvalue weighted by molar-refractivity contribution is 0.340. The molecule has 0 aliphatic rings. The Labute approximate surface area is 126 Å². The third-order valence-corrected chi connectivity index (χ3v) is 3.60. The fourth-order valence-corrected chi connectivity index (χ4v) is 2.38. The van der Waals surface area contributed by atoms with Crippen LogP contribution >= 0.6 is 0 Å². The maximum Gasteiger partial charge on any atom is 0.126 e. The summed E-state index contributed by atoms with van der Waals surface area (Å²) in [5.74, 6) is 2.78. The van der Waals surface area contributed by atoms with Crippen molar-refractivity contribution >= 4 is 0 Å². The van der Waals surface area contributed by atoms with Crippen molar-refractivity contribution < 1.29 is 14.2 Å². The molecule has 2 aromatic carbocycles. The third kappa shape index (κ3) is 3.48. The molecule has 21 heavy (non-hydrogen) atoms. The molecule has 0 heterocycles. The van der Waals surface area contributed by atoms with Crippen LogP contribution in [0.1, 0.15) is 30.9 Å². The van der Waals surface area contributed by atoms with E-state index in [9.17, 15) is 0 Å². The fourth-order valence-electron chi connectivity index (χ4n) is 2.38. The van der Waals surface area contributed by atoms with Crippen molar-refractivity contribution in [2.75, 3.05) is 20.8 Å². The van der Waals surface area contributed by atoms with Crippen molar-refractivity contribution in [3.05, 3.63) is 53.6 Å². The summed E-state index contributed by atoms with van der Waals surface area (Å²) in [7, 11) is 3.34. The molecule has 0 saturated carbocycles. The van der Waals surface area contributed by atoms with Crippen molar-refractivity contribution in [3.63, 3.8) is 0 Å². The van der Waals surface area contributed by atoms with Gasteiger partial charge in [-0.2, -0.15) is 0 Å². The van der Waals surface area contributed by atoms with Crippen molar-refractivity contribution in [2.24, 2.45) is 0 Å². The second-order valence-corrected chi connectivity index (χ2v) is 4.83. The van der Waals surface area contributed by atoms with Crippen LogP contribution in [0.4, 0.5) is 0 Å². The van der Waals surface area contributed by atoms with Gasteiger partial charge in [0.2, 0.25) is 0 Å². The highest BCUT2D eigenvalue weighted by Crippen LogP contribution is 2.34. The highest BCUT2D eigenvalue weighted by Gasteiger charge is 2.14. The molecule has 2 aromatic rings. The molecular formula is C18H22O3. The molecule has 0 saturated heterocycles. The number of hydrogen-bond acceptors (Lipinski definition) is 3. The molecule has 112 valence electrons. The van der Waals surface area contributed by atoms with E-state index in [2.05, 4.69) is 25.1 Å². The first-order chi connectivity index (χ1) is 10.2. The molecule has 0 aliphatic carbocycles. The van der Waals surface area contributed by atoms with Gasteiger partial charge in [0.1, 0.15) is 17.2 Å². The van der Waals surface area contributed by atoms with Crippen LogP contribution in [0, 0.1) is 0 Å². The monoisotopic (exact) mass is 286 g/mol. The quantitative estimate of drug-likeness (QED) is 0.794. The molecule has 0 amide bonds. The van der Waals surface area contributed by atoms with Gasteiger partial charge in [0.25, 0.3) is 0 Å². The van der Waals surface area contributed by atoms with Gasteiger partial charge in [0.15, 0.2) is 0 Å². The van der Waals surface area contributed by atoms with Crippen LogP contribution in [0.5, 0.6) is 17.2 Å². The molecule has 3 nitrogen and oxygen atoms in total. The molecule has 0 fully saturated rings. The minimum atomic E-state index is 0.238. The first-order valence-corrected chi connectivity index (χ1v) is 7.14. The van der Waals surface area contributed by atoms with E-state index in [-0.39, 0.29) is 5.92 Å². The van der Waals surface area contributed by atoms with Gasteiger partial charge in [-0.1, -0.05) is 25.1 Å². The Balaban J connectivity index is 2.28. The highest BCUT2D eigenvalue weighted by atomic mass is 16.5. The Morgan fingerprint density at radius 3 is 2.14 bits per heavy atom. The topological polar surface area (TPSA) is 27.7 Å². The van der Waals surface area contributed by atoms with Gasteiger partial charge < -0.3 is 14.2 Å². The summed E-state index contributed by atoms with van der Waals surface area (Å²) in [4.78, 5) is 0. The average molecular weight is 286 g/mol. The van der Waals surface area contributed by atoms with Crippen LogP contribution in [-0.4, -0.2) is 20.8 Å². The standard InChI is InChI=1S/C18H22O3/c1-5-21-15-8-6-14(7-9-15)13(2)17-11-10-16(19-3)12-18(17)20-4/h6-13H,5H2,1-4H3. The lowest BCUT2D eigenvalue weighted by atomic mass is 9.92. The van der Waals surface area contributed by atoms with E-state index in [0.29, 0.717) is 6.61 Å². The molecule has 0 radical (unpaired) electrons. The minimum Gasteiger partial charge on any atom is -0.497 e. The SMILES string of the molecule is CCOc1ccc(C(C)c2ccc(OC)cc2OC)cc1. The van der Waals surface area contributed by atoms with Gasteiger partial charge in [-0.05, 0) is 30.7 Å². The van der Waals surface area contributed by atoms with Gasteiger partial charge in [-0.3, -0.25) is 0 Å². The van der Waals surface area contributed by atoms with Gasteiger partial charge >= 0.3 is 0 Å². The second-order valence-electron chi connectivity index (χ2n) is 4.83. The molecule has 1 atom stereocenters. The van der Waals surface area contributed by atoms with Crippen molar-refractivity contribution in [3.8, 4) is 17.2 Å². The summed E-state index contributed by atoms with van der Waals surface area (Å²) in [6, 6.07) is 14.1. The second kappa shape index (κ2) is 7.02. The van der Waals surface area contributed by atoms with E-state index in [4.69, 9.17) is 14.2 Å². The summed E-state index contributed by atoms with van der Waals surface area (Å²) in [5, 5.41) is 0. The van der Waals surface area contributed by atoms with Crippen molar-refractivity contribution in [1.82, 2.24) is 0 Å². The molecular weight excluding hydrogens is 264 g/mol. The summed E-state index contributed by atoms with van der Waals surface area (Å²) < 4.78 is 16.2. The number of ether oxygens (including phenoxy) is 3. The minimum absolute atomic E-state index is 0.238. The van der Waals surface area contributed by atoms with Crippen LogP contribution < -0.4 is 14.2 Å². The van der Waals surface area contributed by atoms with E-state index in [1.165, 1.54) is 5.56 Å². The number of benzene rings is 2. The largest absolute Gasteiger partial charge is 0.497 e. The predicted octanol–water partition coefficient (Wildman–Crippen LogP) is 4.25. The van der Waals surface area contributed by atoms with E-state index < -0.39 is 0 Å². The van der Waals surface area contributed by atoms with Gasteiger partial charge in [-0.25, -0.2) is 0 Å². The van der Waals surface area contributed by atoms with Crippen LogP contribution in [0.25, 0.3) is 0 Å². The van der Waals surface area contributed by atoms with E-state index in [1.54, 1.807) is 14.2 Å². The highest BCUT2D eigenvalue weighted by molar-refractivity contribution is 5.46. The normalized spacial score (nSPS) is 11.8. The first-order valence-electron chi connectivity index (χ1n) is 7.14. The lowest BCUT2D eigenvalue weighted by Crippen LogP contribution is -2.00. The average Bonchev–Trinajstić information content (AvgIpc) is 2.54. The smallest absolute Gasteiger partial charge is 0.126 e. The summed E-state index contributed by atoms with van der Waals surface area (Å²) in [6.07, 6.45) is 0. The van der Waals surface area contributed by atoms with E-state index >= 15 is 0 Å². The lowest BCUT2D eigenvalue weighted by Gasteiger charge is -2.17. The van der Waals surface area contributed by atoms with Crippen molar-refractivity contribution in [2.45, 2.75) is 19.8 Å². The van der Waals surface area contributed by atoms with Crippen LogP contribution in [0.15, 0.2) is 42.5 Å². The Morgan fingerprint density at radius 1 is 0.905 bits per heavy atom. The van der Waals surface area contributed by atoms with Gasteiger partial charge in [0, 0.05) is 17.5 Å². The summed E-state index contributed by atoms with van der Waals surface area (Å²) in [5.41, 5.74) is 2.37. The Morgan fingerprint density at radius 2 is 1.57 bits per heavy atom. The molecule has 0 bridgehead atoms. The maximum atomic E-state index is 5.49. The molecule has 1 unspecified atom stereocenters. The van der Waals surface area contributed by atoms with E-state index in [1.807, 2.05) is 31.2 Å². The molecule has 3 heteroatoms. The zero-order valence-electron chi connectivity index (χ0n) is 13.1. The fraction of sp³-hybridized carbons (Fsp3) is 0.333. The Bertz CT molecular complexity index is 576. The first kappa shape index (κ1) is 15.2. The number of hydrogen-bond donors (Lipinski definition) is 0. The maximum absolute atomic E-state index is 5.49. The third-order valence-electron chi connectivity index (χ3n) is 3.60. The predicted molar refractivity (Wildman–Crippen MR) is 84.7 cm³/mol. The van der Waals surface area contributed by atoms with Crippen molar-refractivity contribution in [1.29, 1.82) is 0 Å². The van der Waals surface area contributed by atoms with Crippen LogP contribution in [0.2, 0.25) is 0 Å². The Kier molecular flexibility index (Phi) is 5.09. The van der Waals surface area contributed by atoms with Crippen LogP contribution in [0.3, 0.4) is 0 Å². The summed E-state index contributed by atoms with van der Waals surface area (Å²) in [6.45, 7) is 4.83. The number of rotatable bonds is 6. The molecule has 0 N–H and O–H groups in total. The number of methoxy groups -OCH3 is 2. The molecule has 2 rings (SSSR count). The zero-order chi connectivity index (χ0) is 15.2. The summed E-state index contributed by atoms with van der Waals surface area (Å²) >= 11 is 0. The molecule has 0 aromatic heterocycles. The Hall–Kier alpha value is -2.16. The van der Waals surface area contributed by atoms with Gasteiger partial charge in [-0.15, -0.1) is 0 Å². The van der Waals surface area contributed by atoms with Crippen LogP contribution in [-0.2, 0) is 0 Å². The molecule has 0 spiro atoms. The van der Waals surface area contributed by atoms with E-state index in [0.717, 1.165) is 22.8 Å². The van der Waals surface area contributed by atoms with Gasteiger partial charge in [0.05, 0.1) is 20.8 Å². The zero-order valence-corrected chi connectivity index (χ0v) is 13.1. The molecule has 0 aliphatic heterocycles.